The number of aliphatic hydroxyl groups excluding tert-OH is 1. The molecule has 1 fully saturated rings. The van der Waals surface area contributed by atoms with Crippen LogP contribution < -0.4 is 4.74 Å². The standard InChI is InChI=1S/C15H21NO3/c1-19-14-6-4-13(5-7-14)15(18)10-16-8-2-3-12(9-16)11-17/h4-7,12,17H,2-3,8-11H2,1H3. The highest BCUT2D eigenvalue weighted by Gasteiger charge is 2.21. The first kappa shape index (κ1) is 14.0. The van der Waals surface area contributed by atoms with Gasteiger partial charge in [0.1, 0.15) is 5.75 Å². The summed E-state index contributed by atoms with van der Waals surface area (Å²) in [6.45, 7) is 2.41. The summed E-state index contributed by atoms with van der Waals surface area (Å²) in [5.74, 6) is 1.20. The van der Waals surface area contributed by atoms with Crippen LogP contribution in [0.2, 0.25) is 0 Å². The molecule has 1 aliphatic rings. The third-order valence-electron chi connectivity index (χ3n) is 3.64. The van der Waals surface area contributed by atoms with Crippen LogP contribution in [-0.4, -0.2) is 49.1 Å². The Hall–Kier alpha value is -1.39. The zero-order valence-electron chi connectivity index (χ0n) is 11.3. The third kappa shape index (κ3) is 3.78. The number of carbonyl (C=O) groups excluding carboxylic acids is 1. The average molecular weight is 263 g/mol. The van der Waals surface area contributed by atoms with Crippen LogP contribution in [0.1, 0.15) is 23.2 Å². The second kappa shape index (κ2) is 6.68. The normalized spacial score (nSPS) is 20.2. The van der Waals surface area contributed by atoms with Crippen LogP contribution in [0.15, 0.2) is 24.3 Å². The van der Waals surface area contributed by atoms with E-state index in [-0.39, 0.29) is 12.4 Å². The fourth-order valence-corrected chi connectivity index (χ4v) is 2.52. The quantitative estimate of drug-likeness (QED) is 0.820. The highest BCUT2D eigenvalue weighted by atomic mass is 16.5. The summed E-state index contributed by atoms with van der Waals surface area (Å²) in [5, 5.41) is 9.19. The molecule has 1 aliphatic heterocycles. The molecule has 2 rings (SSSR count). The van der Waals surface area contributed by atoms with Crippen molar-refractivity contribution in [3.05, 3.63) is 29.8 Å². The zero-order chi connectivity index (χ0) is 13.7. The minimum Gasteiger partial charge on any atom is -0.497 e. The molecule has 0 radical (unpaired) electrons. The lowest BCUT2D eigenvalue weighted by atomic mass is 9.98. The molecular formula is C15H21NO3. The van der Waals surface area contributed by atoms with Gasteiger partial charge in [-0.3, -0.25) is 9.69 Å². The van der Waals surface area contributed by atoms with Crippen molar-refractivity contribution in [3.63, 3.8) is 0 Å². The van der Waals surface area contributed by atoms with Crippen molar-refractivity contribution in [1.82, 2.24) is 4.90 Å². The predicted octanol–water partition coefficient (Wildman–Crippen LogP) is 1.58. The van der Waals surface area contributed by atoms with E-state index in [2.05, 4.69) is 4.90 Å². The summed E-state index contributed by atoms with van der Waals surface area (Å²) in [6.07, 6.45) is 2.12. The fraction of sp³-hybridized carbons (Fsp3) is 0.533. The molecule has 0 aliphatic carbocycles. The summed E-state index contributed by atoms with van der Waals surface area (Å²) >= 11 is 0. The Labute approximate surface area is 114 Å². The van der Waals surface area contributed by atoms with E-state index in [1.807, 2.05) is 0 Å². The van der Waals surface area contributed by atoms with Crippen molar-refractivity contribution in [2.75, 3.05) is 33.4 Å². The number of benzene rings is 1. The van der Waals surface area contributed by atoms with Gasteiger partial charge in [0, 0.05) is 18.7 Å². The molecule has 1 atom stereocenters. The average Bonchev–Trinajstić information content (AvgIpc) is 2.47. The molecule has 0 aromatic heterocycles. The smallest absolute Gasteiger partial charge is 0.176 e. The van der Waals surface area contributed by atoms with Gasteiger partial charge >= 0.3 is 0 Å². The van der Waals surface area contributed by atoms with Crippen molar-refractivity contribution in [1.29, 1.82) is 0 Å². The van der Waals surface area contributed by atoms with E-state index in [9.17, 15) is 9.90 Å². The van der Waals surface area contributed by atoms with E-state index in [0.29, 0.717) is 18.0 Å². The number of carbonyl (C=O) groups is 1. The Morgan fingerprint density at radius 2 is 2.16 bits per heavy atom. The molecule has 0 amide bonds. The van der Waals surface area contributed by atoms with Crippen molar-refractivity contribution < 1.29 is 14.6 Å². The Morgan fingerprint density at radius 3 is 2.79 bits per heavy atom. The summed E-state index contributed by atoms with van der Waals surface area (Å²) in [4.78, 5) is 14.3. The first-order chi connectivity index (χ1) is 9.22. The Morgan fingerprint density at radius 1 is 1.42 bits per heavy atom. The minimum absolute atomic E-state index is 0.126. The topological polar surface area (TPSA) is 49.8 Å². The number of aliphatic hydroxyl groups is 1. The molecule has 1 N–H and O–H groups in total. The third-order valence-corrected chi connectivity index (χ3v) is 3.64. The number of Topliss-reactive ketones (excluding diaryl/α,β-unsaturated/α-hetero) is 1. The lowest BCUT2D eigenvalue weighted by molar-refractivity contribution is 0.0833. The van der Waals surface area contributed by atoms with E-state index in [4.69, 9.17) is 4.74 Å². The van der Waals surface area contributed by atoms with Gasteiger partial charge in [0.15, 0.2) is 5.78 Å². The minimum atomic E-state index is 0.126. The maximum atomic E-state index is 12.2. The van der Waals surface area contributed by atoms with Crippen LogP contribution in [0.4, 0.5) is 0 Å². The van der Waals surface area contributed by atoms with E-state index in [1.54, 1.807) is 31.4 Å². The molecule has 0 saturated carbocycles. The van der Waals surface area contributed by atoms with E-state index < -0.39 is 0 Å². The summed E-state index contributed by atoms with van der Waals surface area (Å²) in [5.41, 5.74) is 0.715. The second-order valence-electron chi connectivity index (χ2n) is 5.08. The molecule has 0 bridgehead atoms. The van der Waals surface area contributed by atoms with Gasteiger partial charge in [0.25, 0.3) is 0 Å². The van der Waals surface area contributed by atoms with Gasteiger partial charge < -0.3 is 9.84 Å². The van der Waals surface area contributed by atoms with Crippen molar-refractivity contribution in [2.24, 2.45) is 5.92 Å². The number of hydrogen-bond acceptors (Lipinski definition) is 4. The van der Waals surface area contributed by atoms with Gasteiger partial charge in [-0.25, -0.2) is 0 Å². The van der Waals surface area contributed by atoms with Gasteiger partial charge in [-0.2, -0.15) is 0 Å². The number of likely N-dealkylation sites (tertiary alicyclic amines) is 1. The number of nitrogens with zero attached hydrogens (tertiary/aromatic N) is 1. The van der Waals surface area contributed by atoms with Crippen LogP contribution in [0.3, 0.4) is 0 Å². The number of rotatable bonds is 5. The molecule has 0 spiro atoms. The molecule has 19 heavy (non-hydrogen) atoms. The van der Waals surface area contributed by atoms with Gasteiger partial charge in [-0.15, -0.1) is 0 Å². The number of ether oxygens (including phenoxy) is 1. The molecule has 104 valence electrons. The molecule has 1 aromatic rings. The molecule has 1 saturated heterocycles. The van der Waals surface area contributed by atoms with Crippen molar-refractivity contribution in [3.8, 4) is 5.75 Å². The Kier molecular flexibility index (Phi) is 4.93. The van der Waals surface area contributed by atoms with Crippen molar-refractivity contribution >= 4 is 5.78 Å². The molecule has 1 heterocycles. The molecule has 4 heteroatoms. The maximum Gasteiger partial charge on any atom is 0.176 e. The lowest BCUT2D eigenvalue weighted by Gasteiger charge is -2.31. The van der Waals surface area contributed by atoms with Crippen LogP contribution in [0, 0.1) is 5.92 Å². The highest BCUT2D eigenvalue weighted by Crippen LogP contribution is 2.17. The number of ketones is 1. The number of hydrogen-bond donors (Lipinski definition) is 1. The van der Waals surface area contributed by atoms with E-state index in [0.717, 1.165) is 31.7 Å². The lowest BCUT2D eigenvalue weighted by Crippen LogP contribution is -2.39. The van der Waals surface area contributed by atoms with Gasteiger partial charge in [0.2, 0.25) is 0 Å². The predicted molar refractivity (Wildman–Crippen MR) is 73.6 cm³/mol. The first-order valence-corrected chi connectivity index (χ1v) is 6.73. The summed E-state index contributed by atoms with van der Waals surface area (Å²) in [6, 6.07) is 7.21. The monoisotopic (exact) mass is 263 g/mol. The molecule has 1 unspecified atom stereocenters. The largest absolute Gasteiger partial charge is 0.497 e. The number of methoxy groups -OCH3 is 1. The van der Waals surface area contributed by atoms with Crippen LogP contribution in [0.25, 0.3) is 0 Å². The first-order valence-electron chi connectivity index (χ1n) is 6.73. The zero-order valence-corrected chi connectivity index (χ0v) is 11.3. The Balaban J connectivity index is 1.92. The molecule has 4 nitrogen and oxygen atoms in total. The van der Waals surface area contributed by atoms with Gasteiger partial charge in [-0.05, 0) is 49.6 Å². The maximum absolute atomic E-state index is 12.2. The van der Waals surface area contributed by atoms with E-state index >= 15 is 0 Å². The van der Waals surface area contributed by atoms with Crippen molar-refractivity contribution in [2.45, 2.75) is 12.8 Å². The molecular weight excluding hydrogens is 242 g/mol. The SMILES string of the molecule is COc1ccc(C(=O)CN2CCCC(CO)C2)cc1. The van der Waals surface area contributed by atoms with E-state index in [1.165, 1.54) is 0 Å². The molecule has 1 aromatic carbocycles. The van der Waals surface area contributed by atoms with Gasteiger partial charge in [-0.1, -0.05) is 0 Å². The van der Waals surface area contributed by atoms with Crippen LogP contribution >= 0.6 is 0 Å². The number of piperidine rings is 1. The second-order valence-corrected chi connectivity index (χ2v) is 5.08. The summed E-state index contributed by atoms with van der Waals surface area (Å²) in [7, 11) is 1.61. The highest BCUT2D eigenvalue weighted by molar-refractivity contribution is 5.97. The van der Waals surface area contributed by atoms with Crippen LogP contribution in [-0.2, 0) is 0 Å². The van der Waals surface area contributed by atoms with Gasteiger partial charge in [0.05, 0.1) is 13.7 Å². The Bertz CT molecular complexity index is 416. The fourth-order valence-electron chi connectivity index (χ4n) is 2.52. The van der Waals surface area contributed by atoms with Crippen LogP contribution in [0.5, 0.6) is 5.75 Å². The summed E-state index contributed by atoms with van der Waals surface area (Å²) < 4.78 is 5.08.